The van der Waals surface area contributed by atoms with Gasteiger partial charge < -0.3 is 10.1 Å². The number of hydrogen-bond acceptors (Lipinski definition) is 2. The quantitative estimate of drug-likeness (QED) is 0.840. The number of aromatic amines is 1. The Hall–Kier alpha value is -2.07. The van der Waals surface area contributed by atoms with E-state index in [4.69, 9.17) is 0 Å². The van der Waals surface area contributed by atoms with E-state index in [1.54, 1.807) is 0 Å². The molecule has 2 aromatic rings. The van der Waals surface area contributed by atoms with Crippen molar-refractivity contribution in [1.82, 2.24) is 9.88 Å². The van der Waals surface area contributed by atoms with Gasteiger partial charge in [-0.15, -0.1) is 6.58 Å². The van der Waals surface area contributed by atoms with Crippen LogP contribution in [0.2, 0.25) is 0 Å². The zero-order valence-corrected chi connectivity index (χ0v) is 11.3. The molecule has 1 aliphatic heterocycles. The molecule has 4 nitrogen and oxygen atoms in total. The normalized spacial score (nSPS) is 18.9. The first kappa shape index (κ1) is 12.9. The van der Waals surface area contributed by atoms with Gasteiger partial charge in [-0.05, 0) is 24.5 Å². The van der Waals surface area contributed by atoms with Gasteiger partial charge in [0.1, 0.15) is 6.04 Å². The molecule has 0 spiro atoms. The molecular weight excluding hydrogens is 252 g/mol. The van der Waals surface area contributed by atoms with Gasteiger partial charge in [-0.3, -0.25) is 9.69 Å². The average Bonchev–Trinajstić information content (AvgIpc) is 2.82. The molecule has 104 valence electrons. The first-order chi connectivity index (χ1) is 9.72. The van der Waals surface area contributed by atoms with Crippen molar-refractivity contribution in [1.29, 1.82) is 0 Å². The molecule has 1 atom stereocenters. The smallest absolute Gasteiger partial charge is 0.327 e. The van der Waals surface area contributed by atoms with E-state index < -0.39 is 12.0 Å². The lowest BCUT2D eigenvalue weighted by Crippen LogP contribution is -2.40. The summed E-state index contributed by atoms with van der Waals surface area (Å²) in [5.41, 5.74) is 3.02. The van der Waals surface area contributed by atoms with Gasteiger partial charge in [-0.1, -0.05) is 24.3 Å². The molecule has 1 aliphatic rings. The van der Waals surface area contributed by atoms with Crippen molar-refractivity contribution in [2.24, 2.45) is 0 Å². The van der Waals surface area contributed by atoms with E-state index in [-0.39, 0.29) is 0 Å². The third kappa shape index (κ3) is 2.02. The van der Waals surface area contributed by atoms with E-state index in [1.165, 1.54) is 0 Å². The Morgan fingerprint density at radius 2 is 2.30 bits per heavy atom. The van der Waals surface area contributed by atoms with Crippen LogP contribution in [0.25, 0.3) is 10.9 Å². The van der Waals surface area contributed by atoms with Gasteiger partial charge in [-0.2, -0.15) is 0 Å². The lowest BCUT2D eigenvalue weighted by atomic mass is 9.97. The second-order valence-corrected chi connectivity index (χ2v) is 5.17. The van der Waals surface area contributed by atoms with E-state index in [2.05, 4.69) is 17.6 Å². The van der Waals surface area contributed by atoms with Crippen LogP contribution in [-0.4, -0.2) is 34.0 Å². The van der Waals surface area contributed by atoms with Gasteiger partial charge in [0, 0.05) is 29.7 Å². The SMILES string of the molecule is C=CCCN1CCc2c([nH]c3ccccc23)C1C(=O)O. The molecule has 20 heavy (non-hydrogen) atoms. The highest BCUT2D eigenvalue weighted by Crippen LogP contribution is 2.34. The van der Waals surface area contributed by atoms with Crippen LogP contribution >= 0.6 is 0 Å². The lowest BCUT2D eigenvalue weighted by molar-refractivity contribution is -0.144. The number of benzene rings is 1. The van der Waals surface area contributed by atoms with Gasteiger partial charge in [-0.25, -0.2) is 0 Å². The van der Waals surface area contributed by atoms with Gasteiger partial charge in [0.05, 0.1) is 0 Å². The number of para-hydroxylation sites is 1. The third-order valence-electron chi connectivity index (χ3n) is 3.99. The van der Waals surface area contributed by atoms with Crippen LogP contribution in [0, 0.1) is 0 Å². The van der Waals surface area contributed by atoms with Gasteiger partial charge >= 0.3 is 5.97 Å². The van der Waals surface area contributed by atoms with Crippen LogP contribution in [0.3, 0.4) is 0 Å². The van der Waals surface area contributed by atoms with Gasteiger partial charge in [0.25, 0.3) is 0 Å². The van der Waals surface area contributed by atoms with E-state index >= 15 is 0 Å². The van der Waals surface area contributed by atoms with Crippen LogP contribution in [0.4, 0.5) is 0 Å². The number of aliphatic carboxylic acids is 1. The summed E-state index contributed by atoms with van der Waals surface area (Å²) in [7, 11) is 0. The molecule has 1 aromatic heterocycles. The monoisotopic (exact) mass is 270 g/mol. The minimum absolute atomic E-state index is 0.578. The average molecular weight is 270 g/mol. The lowest BCUT2D eigenvalue weighted by Gasteiger charge is -2.32. The molecule has 1 aromatic carbocycles. The largest absolute Gasteiger partial charge is 0.480 e. The van der Waals surface area contributed by atoms with Crippen molar-refractivity contribution in [3.05, 3.63) is 48.2 Å². The van der Waals surface area contributed by atoms with E-state index in [0.717, 1.165) is 48.1 Å². The number of carboxylic acid groups (broad SMARTS) is 1. The molecule has 0 radical (unpaired) electrons. The zero-order valence-electron chi connectivity index (χ0n) is 11.3. The van der Waals surface area contributed by atoms with Crippen molar-refractivity contribution in [2.45, 2.75) is 18.9 Å². The van der Waals surface area contributed by atoms with Crippen molar-refractivity contribution < 1.29 is 9.90 Å². The molecule has 2 N–H and O–H groups in total. The number of carbonyl (C=O) groups is 1. The molecule has 0 bridgehead atoms. The number of hydrogen-bond donors (Lipinski definition) is 2. The van der Waals surface area contributed by atoms with Crippen LogP contribution in [-0.2, 0) is 11.2 Å². The maximum absolute atomic E-state index is 11.7. The second kappa shape index (κ2) is 5.13. The highest BCUT2D eigenvalue weighted by Gasteiger charge is 2.34. The fourth-order valence-electron chi connectivity index (χ4n) is 3.07. The van der Waals surface area contributed by atoms with E-state index in [0.29, 0.717) is 0 Å². The van der Waals surface area contributed by atoms with Crippen molar-refractivity contribution in [3.63, 3.8) is 0 Å². The van der Waals surface area contributed by atoms with Gasteiger partial charge in [0.2, 0.25) is 0 Å². The minimum atomic E-state index is -0.790. The van der Waals surface area contributed by atoms with Crippen LogP contribution in [0.5, 0.6) is 0 Å². The topological polar surface area (TPSA) is 56.3 Å². The maximum Gasteiger partial charge on any atom is 0.327 e. The molecule has 0 saturated carbocycles. The number of rotatable bonds is 4. The Labute approximate surface area is 117 Å². The summed E-state index contributed by atoms with van der Waals surface area (Å²) in [6.07, 6.45) is 3.53. The van der Waals surface area contributed by atoms with Crippen LogP contribution in [0.1, 0.15) is 23.7 Å². The maximum atomic E-state index is 11.7. The highest BCUT2D eigenvalue weighted by atomic mass is 16.4. The summed E-state index contributed by atoms with van der Waals surface area (Å²) in [5.74, 6) is -0.790. The van der Waals surface area contributed by atoms with Crippen LogP contribution in [0.15, 0.2) is 36.9 Å². The van der Waals surface area contributed by atoms with E-state index in [1.807, 2.05) is 29.2 Å². The first-order valence-electron chi connectivity index (χ1n) is 6.89. The predicted octanol–water partition coefficient (Wildman–Crippen LogP) is 2.73. The summed E-state index contributed by atoms with van der Waals surface area (Å²) >= 11 is 0. The molecule has 1 unspecified atom stereocenters. The summed E-state index contributed by atoms with van der Waals surface area (Å²) in [4.78, 5) is 17.0. The number of carboxylic acids is 1. The van der Waals surface area contributed by atoms with Crippen LogP contribution < -0.4 is 0 Å². The number of nitrogens with one attached hydrogen (secondary N) is 1. The molecule has 3 rings (SSSR count). The first-order valence-corrected chi connectivity index (χ1v) is 6.89. The zero-order chi connectivity index (χ0) is 14.1. The fourth-order valence-corrected chi connectivity index (χ4v) is 3.07. The fraction of sp³-hybridized carbons (Fsp3) is 0.312. The van der Waals surface area contributed by atoms with Crippen molar-refractivity contribution >= 4 is 16.9 Å². The number of fused-ring (bicyclic) bond motifs is 3. The summed E-state index contributed by atoms with van der Waals surface area (Å²) < 4.78 is 0. The predicted molar refractivity (Wildman–Crippen MR) is 78.8 cm³/mol. The van der Waals surface area contributed by atoms with Gasteiger partial charge in [0.15, 0.2) is 0 Å². The Bertz CT molecular complexity index is 660. The van der Waals surface area contributed by atoms with E-state index in [9.17, 15) is 9.90 Å². The molecule has 0 fully saturated rings. The van der Waals surface area contributed by atoms with Crippen molar-refractivity contribution in [3.8, 4) is 0 Å². The second-order valence-electron chi connectivity index (χ2n) is 5.17. The molecule has 0 saturated heterocycles. The highest BCUT2D eigenvalue weighted by molar-refractivity contribution is 5.88. The Morgan fingerprint density at radius 1 is 1.50 bits per heavy atom. The summed E-state index contributed by atoms with van der Waals surface area (Å²) in [6.45, 7) is 5.22. The number of aromatic nitrogens is 1. The Morgan fingerprint density at radius 3 is 3.05 bits per heavy atom. The Kier molecular flexibility index (Phi) is 3.32. The Balaban J connectivity index is 2.06. The number of H-pyrrole nitrogens is 1. The molecular formula is C16H18N2O2. The standard InChI is InChI=1S/C16H18N2O2/c1-2-3-9-18-10-8-12-11-6-4-5-7-13(11)17-14(12)15(18)16(19)20/h2,4-7,15,17H,1,3,8-10H2,(H,19,20). The number of nitrogens with zero attached hydrogens (tertiary/aromatic N) is 1. The minimum Gasteiger partial charge on any atom is -0.480 e. The molecule has 2 heterocycles. The third-order valence-corrected chi connectivity index (χ3v) is 3.99. The summed E-state index contributed by atoms with van der Waals surface area (Å²) in [5, 5.41) is 10.7. The van der Waals surface area contributed by atoms with Crippen molar-refractivity contribution in [2.75, 3.05) is 13.1 Å². The molecule has 4 heteroatoms. The molecule has 0 amide bonds. The molecule has 0 aliphatic carbocycles. The summed E-state index contributed by atoms with van der Waals surface area (Å²) in [6, 6.07) is 7.45.